The molecule has 0 radical (unpaired) electrons. The zero-order valence-corrected chi connectivity index (χ0v) is 16.0. The number of nitrogens with one attached hydrogen (secondary N) is 1. The SMILES string of the molecule is COCCN(C)C[C@@H]1CN(C(=O)c2cc3c(Cl)cccc3[nH]2)C[C@@H]1CO. The van der Waals surface area contributed by atoms with Crippen LogP contribution in [0.5, 0.6) is 0 Å². The topological polar surface area (TPSA) is 68.8 Å². The minimum atomic E-state index is -0.0437. The standard InChI is InChI=1S/C19H26ClN3O3/c1-22(6-7-26-2)9-13-10-23(11-14(13)12-24)19(25)18-8-15-16(20)4-3-5-17(15)21-18/h3-5,8,13-14,21,24H,6-7,9-12H2,1-2H3/t13-,14-/m1/s1. The molecule has 0 saturated carbocycles. The predicted octanol–water partition coefficient (Wildman–Crippen LogP) is 2.08. The van der Waals surface area contributed by atoms with E-state index in [1.807, 2.05) is 36.2 Å². The molecule has 0 spiro atoms. The third-order valence-electron chi connectivity index (χ3n) is 5.16. The Morgan fingerprint density at radius 1 is 1.42 bits per heavy atom. The molecule has 2 aromatic rings. The highest BCUT2D eigenvalue weighted by atomic mass is 35.5. The molecule has 1 amide bonds. The maximum atomic E-state index is 12.9. The molecule has 2 atom stereocenters. The van der Waals surface area contributed by atoms with Gasteiger partial charge in [-0.3, -0.25) is 4.79 Å². The average Bonchev–Trinajstić information content (AvgIpc) is 3.24. The van der Waals surface area contributed by atoms with Crippen molar-refractivity contribution in [2.75, 3.05) is 53.6 Å². The number of nitrogens with zero attached hydrogens (tertiary/aromatic N) is 2. The van der Waals surface area contributed by atoms with E-state index < -0.39 is 0 Å². The quantitative estimate of drug-likeness (QED) is 0.772. The van der Waals surface area contributed by atoms with Crippen molar-refractivity contribution in [3.63, 3.8) is 0 Å². The molecule has 1 fully saturated rings. The second kappa shape index (κ2) is 8.39. The Hall–Kier alpha value is -1.60. The lowest BCUT2D eigenvalue weighted by Gasteiger charge is -2.23. The summed E-state index contributed by atoms with van der Waals surface area (Å²) in [6.07, 6.45) is 0. The van der Waals surface area contributed by atoms with Crippen molar-refractivity contribution in [1.82, 2.24) is 14.8 Å². The first-order valence-corrected chi connectivity index (χ1v) is 9.26. The Bertz CT molecular complexity index is 764. The van der Waals surface area contributed by atoms with Gasteiger partial charge in [-0.15, -0.1) is 0 Å². The van der Waals surface area contributed by atoms with E-state index >= 15 is 0 Å². The number of carbonyl (C=O) groups excluding carboxylic acids is 1. The molecule has 1 aliphatic heterocycles. The van der Waals surface area contributed by atoms with Crippen molar-refractivity contribution in [3.05, 3.63) is 35.0 Å². The number of H-pyrrole nitrogens is 1. The van der Waals surface area contributed by atoms with Crippen LogP contribution in [-0.2, 0) is 4.74 Å². The Labute approximate surface area is 158 Å². The number of benzene rings is 1. The fraction of sp³-hybridized carbons (Fsp3) is 0.526. The Balaban J connectivity index is 1.70. The van der Waals surface area contributed by atoms with E-state index in [9.17, 15) is 9.90 Å². The minimum Gasteiger partial charge on any atom is -0.396 e. The van der Waals surface area contributed by atoms with Gasteiger partial charge < -0.3 is 24.6 Å². The first kappa shape index (κ1) is 19.2. The van der Waals surface area contributed by atoms with Crippen molar-refractivity contribution in [2.24, 2.45) is 11.8 Å². The molecular weight excluding hydrogens is 354 g/mol. The van der Waals surface area contributed by atoms with Crippen LogP contribution in [0.15, 0.2) is 24.3 Å². The van der Waals surface area contributed by atoms with Crippen molar-refractivity contribution in [3.8, 4) is 0 Å². The van der Waals surface area contributed by atoms with Gasteiger partial charge in [0.15, 0.2) is 0 Å². The molecule has 0 unspecified atom stereocenters. The second-order valence-electron chi connectivity index (χ2n) is 7.05. The first-order chi connectivity index (χ1) is 12.5. The Morgan fingerprint density at radius 2 is 2.19 bits per heavy atom. The van der Waals surface area contributed by atoms with Crippen LogP contribution in [0, 0.1) is 11.8 Å². The molecule has 2 heterocycles. The number of carbonyl (C=O) groups is 1. The summed E-state index contributed by atoms with van der Waals surface area (Å²) < 4.78 is 5.12. The van der Waals surface area contributed by atoms with E-state index in [1.54, 1.807) is 7.11 Å². The number of aliphatic hydroxyl groups excluding tert-OH is 1. The largest absolute Gasteiger partial charge is 0.396 e. The second-order valence-corrected chi connectivity index (χ2v) is 7.46. The molecule has 7 heteroatoms. The van der Waals surface area contributed by atoms with Crippen LogP contribution in [0.25, 0.3) is 10.9 Å². The Kier molecular flexibility index (Phi) is 6.19. The van der Waals surface area contributed by atoms with E-state index in [4.69, 9.17) is 16.3 Å². The molecule has 2 N–H and O–H groups in total. The number of likely N-dealkylation sites (N-methyl/N-ethyl adjacent to an activating group) is 1. The minimum absolute atomic E-state index is 0.0437. The van der Waals surface area contributed by atoms with Gasteiger partial charge in [0.2, 0.25) is 0 Å². The van der Waals surface area contributed by atoms with E-state index in [-0.39, 0.29) is 24.3 Å². The normalized spacial score (nSPS) is 20.4. The van der Waals surface area contributed by atoms with Crippen LogP contribution in [0.4, 0.5) is 0 Å². The maximum absolute atomic E-state index is 12.9. The molecule has 0 bridgehead atoms. The number of aromatic amines is 1. The van der Waals surface area contributed by atoms with Crippen LogP contribution in [0.1, 0.15) is 10.5 Å². The summed E-state index contributed by atoms with van der Waals surface area (Å²) in [5.74, 6) is 0.299. The lowest BCUT2D eigenvalue weighted by Crippen LogP contribution is -2.33. The molecule has 142 valence electrons. The van der Waals surface area contributed by atoms with Gasteiger partial charge in [0, 0.05) is 61.7 Å². The van der Waals surface area contributed by atoms with E-state index in [2.05, 4.69) is 9.88 Å². The molecular formula is C19H26ClN3O3. The van der Waals surface area contributed by atoms with Crippen LogP contribution >= 0.6 is 11.6 Å². The lowest BCUT2D eigenvalue weighted by atomic mass is 9.96. The molecule has 1 aromatic carbocycles. The van der Waals surface area contributed by atoms with Gasteiger partial charge >= 0.3 is 0 Å². The number of ether oxygens (including phenoxy) is 1. The first-order valence-electron chi connectivity index (χ1n) is 8.88. The number of likely N-dealkylation sites (tertiary alicyclic amines) is 1. The van der Waals surface area contributed by atoms with Gasteiger partial charge in [-0.2, -0.15) is 0 Å². The number of aromatic nitrogens is 1. The summed E-state index contributed by atoms with van der Waals surface area (Å²) in [7, 11) is 3.73. The molecule has 26 heavy (non-hydrogen) atoms. The predicted molar refractivity (Wildman–Crippen MR) is 103 cm³/mol. The highest BCUT2D eigenvalue weighted by Gasteiger charge is 2.36. The highest BCUT2D eigenvalue weighted by Crippen LogP contribution is 2.28. The van der Waals surface area contributed by atoms with E-state index in [0.717, 1.165) is 24.0 Å². The number of amides is 1. The monoisotopic (exact) mass is 379 g/mol. The molecule has 6 nitrogen and oxygen atoms in total. The number of methoxy groups -OCH3 is 1. The van der Waals surface area contributed by atoms with Crippen LogP contribution in [0.3, 0.4) is 0 Å². The third-order valence-corrected chi connectivity index (χ3v) is 5.49. The smallest absolute Gasteiger partial charge is 0.270 e. The Morgan fingerprint density at radius 3 is 2.88 bits per heavy atom. The van der Waals surface area contributed by atoms with Gasteiger partial charge in [0.1, 0.15) is 5.69 Å². The number of hydrogen-bond donors (Lipinski definition) is 2. The fourth-order valence-corrected chi connectivity index (χ4v) is 3.89. The fourth-order valence-electron chi connectivity index (χ4n) is 3.66. The molecule has 0 aliphatic carbocycles. The summed E-state index contributed by atoms with van der Waals surface area (Å²) in [6, 6.07) is 7.40. The van der Waals surface area contributed by atoms with E-state index in [0.29, 0.717) is 30.4 Å². The number of rotatable bonds is 7. The number of fused-ring (bicyclic) bond motifs is 1. The third kappa shape index (κ3) is 4.04. The van der Waals surface area contributed by atoms with Crippen LogP contribution in [0.2, 0.25) is 5.02 Å². The van der Waals surface area contributed by atoms with Crippen LogP contribution < -0.4 is 0 Å². The summed E-state index contributed by atoms with van der Waals surface area (Å²) >= 11 is 6.21. The van der Waals surface area contributed by atoms with Gasteiger partial charge in [0.25, 0.3) is 5.91 Å². The average molecular weight is 380 g/mol. The lowest BCUT2D eigenvalue weighted by molar-refractivity contribution is 0.0774. The number of aliphatic hydroxyl groups is 1. The highest BCUT2D eigenvalue weighted by molar-refractivity contribution is 6.35. The summed E-state index contributed by atoms with van der Waals surface area (Å²) in [4.78, 5) is 20.1. The van der Waals surface area contributed by atoms with Gasteiger partial charge in [-0.05, 0) is 31.2 Å². The zero-order valence-electron chi connectivity index (χ0n) is 15.2. The summed E-state index contributed by atoms with van der Waals surface area (Å²) in [5, 5.41) is 11.2. The molecule has 1 aliphatic rings. The van der Waals surface area contributed by atoms with Crippen molar-refractivity contribution < 1.29 is 14.6 Å². The molecule has 1 saturated heterocycles. The van der Waals surface area contributed by atoms with Crippen molar-refractivity contribution in [2.45, 2.75) is 0 Å². The van der Waals surface area contributed by atoms with Crippen molar-refractivity contribution >= 4 is 28.4 Å². The van der Waals surface area contributed by atoms with Gasteiger partial charge in [-0.25, -0.2) is 0 Å². The van der Waals surface area contributed by atoms with Crippen LogP contribution in [-0.4, -0.2) is 79.3 Å². The molecule has 3 rings (SSSR count). The summed E-state index contributed by atoms with van der Waals surface area (Å²) in [5.41, 5.74) is 1.40. The van der Waals surface area contributed by atoms with Gasteiger partial charge in [-0.1, -0.05) is 17.7 Å². The summed E-state index contributed by atoms with van der Waals surface area (Å²) in [6.45, 7) is 3.64. The van der Waals surface area contributed by atoms with Gasteiger partial charge in [0.05, 0.1) is 6.61 Å². The van der Waals surface area contributed by atoms with Crippen molar-refractivity contribution in [1.29, 1.82) is 0 Å². The van der Waals surface area contributed by atoms with E-state index in [1.165, 1.54) is 0 Å². The molecule has 1 aromatic heterocycles. The maximum Gasteiger partial charge on any atom is 0.270 e. The number of hydrogen-bond acceptors (Lipinski definition) is 4. The zero-order chi connectivity index (χ0) is 18.7. The number of halogens is 1.